The first-order chi connectivity index (χ1) is 8.65. The van der Waals surface area contributed by atoms with Crippen molar-refractivity contribution in [1.29, 1.82) is 0 Å². The van der Waals surface area contributed by atoms with Gasteiger partial charge in [-0.3, -0.25) is 4.79 Å². The fraction of sp³-hybridized carbons (Fsp3) is 0.200. The molecule has 2 rings (SSSR count). The first kappa shape index (κ1) is 12.3. The highest BCUT2D eigenvalue weighted by atomic mass is 16.1. The van der Waals surface area contributed by atoms with Crippen molar-refractivity contribution in [2.45, 2.75) is 20.4 Å². The molecule has 1 aromatic heterocycles. The maximum Gasteiger partial charge on any atom is 0.244 e. The van der Waals surface area contributed by atoms with Gasteiger partial charge in [-0.2, -0.15) is 4.99 Å². The first-order valence-corrected chi connectivity index (χ1v) is 5.91. The van der Waals surface area contributed by atoms with Crippen LogP contribution in [0.5, 0.6) is 0 Å². The lowest BCUT2D eigenvalue weighted by atomic mass is 10.1. The standard InChI is InChI=1S/C15H16N2O/c1-12-6-8-14(9-7-12)11-17-10-4-3-5-15(17)16-13(2)18/h3-10H,11H2,1-2H3. The zero-order valence-corrected chi connectivity index (χ0v) is 10.6. The van der Waals surface area contributed by atoms with E-state index in [1.54, 1.807) is 0 Å². The Morgan fingerprint density at radius 2 is 1.89 bits per heavy atom. The van der Waals surface area contributed by atoms with E-state index in [9.17, 15) is 4.79 Å². The molecule has 3 heteroatoms. The summed E-state index contributed by atoms with van der Waals surface area (Å²) in [4.78, 5) is 15.1. The van der Waals surface area contributed by atoms with Gasteiger partial charge in [-0.1, -0.05) is 35.9 Å². The summed E-state index contributed by atoms with van der Waals surface area (Å²) in [7, 11) is 0. The Bertz CT molecular complexity index is 609. The van der Waals surface area contributed by atoms with Crippen molar-refractivity contribution in [2.24, 2.45) is 4.99 Å². The van der Waals surface area contributed by atoms with Gasteiger partial charge in [0.25, 0.3) is 0 Å². The number of carbonyl (C=O) groups is 1. The van der Waals surface area contributed by atoms with E-state index in [4.69, 9.17) is 0 Å². The van der Waals surface area contributed by atoms with Gasteiger partial charge >= 0.3 is 0 Å². The van der Waals surface area contributed by atoms with Crippen LogP contribution in [0.2, 0.25) is 0 Å². The maximum absolute atomic E-state index is 11.1. The fourth-order valence-corrected chi connectivity index (χ4v) is 1.75. The molecule has 0 aliphatic rings. The van der Waals surface area contributed by atoms with Crippen LogP contribution in [0.3, 0.4) is 0 Å². The van der Waals surface area contributed by atoms with Crippen LogP contribution in [0.4, 0.5) is 0 Å². The Morgan fingerprint density at radius 3 is 2.56 bits per heavy atom. The third-order valence-corrected chi connectivity index (χ3v) is 2.66. The average Bonchev–Trinajstić information content (AvgIpc) is 2.34. The van der Waals surface area contributed by atoms with Crippen LogP contribution >= 0.6 is 0 Å². The van der Waals surface area contributed by atoms with Crippen molar-refractivity contribution in [3.8, 4) is 0 Å². The molecule has 0 unspecified atom stereocenters. The fourth-order valence-electron chi connectivity index (χ4n) is 1.75. The molecule has 0 radical (unpaired) electrons. The molecule has 0 saturated carbocycles. The van der Waals surface area contributed by atoms with E-state index in [1.807, 2.05) is 29.0 Å². The molecule has 18 heavy (non-hydrogen) atoms. The Balaban J connectivity index is 2.35. The quantitative estimate of drug-likeness (QED) is 0.793. The van der Waals surface area contributed by atoms with E-state index in [1.165, 1.54) is 18.1 Å². The summed E-state index contributed by atoms with van der Waals surface area (Å²) in [6.07, 6.45) is 1.93. The lowest BCUT2D eigenvalue weighted by Gasteiger charge is -2.07. The zero-order chi connectivity index (χ0) is 13.0. The van der Waals surface area contributed by atoms with Crippen molar-refractivity contribution < 1.29 is 4.79 Å². The van der Waals surface area contributed by atoms with Gasteiger partial charge in [-0.25, -0.2) is 0 Å². The van der Waals surface area contributed by atoms with Crippen molar-refractivity contribution in [2.75, 3.05) is 0 Å². The molecule has 0 N–H and O–H groups in total. The number of aryl methyl sites for hydroxylation is 1. The summed E-state index contributed by atoms with van der Waals surface area (Å²) < 4.78 is 1.96. The summed E-state index contributed by atoms with van der Waals surface area (Å²) in [5, 5.41) is 0. The minimum Gasteiger partial charge on any atom is -0.329 e. The molecule has 3 nitrogen and oxygen atoms in total. The van der Waals surface area contributed by atoms with E-state index in [0.29, 0.717) is 12.0 Å². The minimum absolute atomic E-state index is 0.182. The van der Waals surface area contributed by atoms with E-state index >= 15 is 0 Å². The molecule has 1 amide bonds. The summed E-state index contributed by atoms with van der Waals surface area (Å²) in [5.41, 5.74) is 3.12. The number of nitrogens with zero attached hydrogens (tertiary/aromatic N) is 2. The number of amides is 1. The molecular weight excluding hydrogens is 224 g/mol. The van der Waals surface area contributed by atoms with Crippen LogP contribution in [-0.2, 0) is 11.3 Å². The Hall–Kier alpha value is -2.16. The molecule has 0 saturated heterocycles. The number of pyridine rings is 1. The number of carbonyl (C=O) groups excluding carboxylic acids is 1. The highest BCUT2D eigenvalue weighted by molar-refractivity contribution is 5.73. The second-order valence-electron chi connectivity index (χ2n) is 4.30. The van der Waals surface area contributed by atoms with Gasteiger partial charge in [-0.05, 0) is 24.6 Å². The summed E-state index contributed by atoms with van der Waals surface area (Å²) in [6, 6.07) is 14.0. The largest absolute Gasteiger partial charge is 0.329 e. The summed E-state index contributed by atoms with van der Waals surface area (Å²) >= 11 is 0. The van der Waals surface area contributed by atoms with Gasteiger partial charge in [0.2, 0.25) is 5.91 Å². The van der Waals surface area contributed by atoms with Crippen molar-refractivity contribution in [1.82, 2.24) is 4.57 Å². The molecule has 0 aliphatic carbocycles. The molecule has 0 atom stereocenters. The normalized spacial score (nSPS) is 11.6. The van der Waals surface area contributed by atoms with E-state index in [0.717, 1.165) is 0 Å². The second kappa shape index (κ2) is 5.45. The van der Waals surface area contributed by atoms with Gasteiger partial charge in [0.05, 0.1) is 0 Å². The molecule has 0 aliphatic heterocycles. The van der Waals surface area contributed by atoms with Gasteiger partial charge in [-0.15, -0.1) is 0 Å². The van der Waals surface area contributed by atoms with Gasteiger partial charge in [0.15, 0.2) is 0 Å². The van der Waals surface area contributed by atoms with E-state index < -0.39 is 0 Å². The smallest absolute Gasteiger partial charge is 0.244 e. The topological polar surface area (TPSA) is 34.4 Å². The summed E-state index contributed by atoms with van der Waals surface area (Å²) in [5.74, 6) is -0.182. The predicted octanol–water partition coefficient (Wildman–Crippen LogP) is 2.29. The van der Waals surface area contributed by atoms with Gasteiger partial charge < -0.3 is 4.57 Å². The average molecular weight is 240 g/mol. The number of aromatic nitrogens is 1. The number of rotatable bonds is 2. The lowest BCUT2D eigenvalue weighted by Crippen LogP contribution is -2.21. The van der Waals surface area contributed by atoms with Crippen LogP contribution in [0.1, 0.15) is 18.1 Å². The molecule has 0 bridgehead atoms. The van der Waals surface area contributed by atoms with Crippen LogP contribution in [-0.4, -0.2) is 10.5 Å². The SMILES string of the molecule is CC(=O)N=c1ccccn1Cc1ccc(C)cc1. The highest BCUT2D eigenvalue weighted by Gasteiger charge is 1.97. The molecular formula is C15H16N2O. The Morgan fingerprint density at radius 1 is 1.17 bits per heavy atom. The molecule has 1 aromatic carbocycles. The van der Waals surface area contributed by atoms with Crippen LogP contribution in [0.25, 0.3) is 0 Å². The highest BCUT2D eigenvalue weighted by Crippen LogP contribution is 2.04. The number of hydrogen-bond acceptors (Lipinski definition) is 1. The minimum atomic E-state index is -0.182. The zero-order valence-electron chi connectivity index (χ0n) is 10.6. The van der Waals surface area contributed by atoms with Crippen LogP contribution in [0.15, 0.2) is 53.7 Å². The van der Waals surface area contributed by atoms with Crippen molar-refractivity contribution >= 4 is 5.91 Å². The van der Waals surface area contributed by atoms with E-state index in [2.05, 4.69) is 36.2 Å². The van der Waals surface area contributed by atoms with Crippen molar-refractivity contribution in [3.63, 3.8) is 0 Å². The lowest BCUT2D eigenvalue weighted by molar-refractivity contribution is -0.116. The monoisotopic (exact) mass is 240 g/mol. The maximum atomic E-state index is 11.1. The molecule has 2 aromatic rings. The number of hydrogen-bond donors (Lipinski definition) is 0. The first-order valence-electron chi connectivity index (χ1n) is 5.91. The van der Waals surface area contributed by atoms with Crippen LogP contribution in [0, 0.1) is 6.92 Å². The third kappa shape index (κ3) is 3.17. The summed E-state index contributed by atoms with van der Waals surface area (Å²) in [6.45, 7) is 4.24. The molecule has 0 fully saturated rings. The van der Waals surface area contributed by atoms with Gasteiger partial charge in [0.1, 0.15) is 5.49 Å². The van der Waals surface area contributed by atoms with Crippen LogP contribution < -0.4 is 5.49 Å². The predicted molar refractivity (Wildman–Crippen MR) is 71.0 cm³/mol. The number of benzene rings is 1. The Kier molecular flexibility index (Phi) is 3.72. The molecule has 92 valence electrons. The van der Waals surface area contributed by atoms with E-state index in [-0.39, 0.29) is 5.91 Å². The molecule has 1 heterocycles. The third-order valence-electron chi connectivity index (χ3n) is 2.66. The molecule has 0 spiro atoms. The Labute approximate surface area is 106 Å². The second-order valence-corrected chi connectivity index (χ2v) is 4.30. The van der Waals surface area contributed by atoms with Crippen molar-refractivity contribution in [3.05, 3.63) is 65.3 Å². The van der Waals surface area contributed by atoms with Gasteiger partial charge in [0, 0.05) is 19.7 Å².